The van der Waals surface area contributed by atoms with Crippen LogP contribution in [0.4, 0.5) is 0 Å². The van der Waals surface area contributed by atoms with Crippen LogP contribution in [-0.4, -0.2) is 41.9 Å². The van der Waals surface area contributed by atoms with Gasteiger partial charge in [0.2, 0.25) is 11.8 Å². The van der Waals surface area contributed by atoms with Gasteiger partial charge in [-0.3, -0.25) is 9.59 Å². The molecule has 1 unspecified atom stereocenters. The van der Waals surface area contributed by atoms with Crippen LogP contribution in [0.2, 0.25) is 5.02 Å². The maximum atomic E-state index is 12.5. The van der Waals surface area contributed by atoms with Gasteiger partial charge in [0.05, 0.1) is 13.0 Å². The predicted molar refractivity (Wildman–Crippen MR) is 117 cm³/mol. The van der Waals surface area contributed by atoms with E-state index in [0.29, 0.717) is 31.1 Å². The first kappa shape index (κ1) is 20.3. The van der Waals surface area contributed by atoms with Crippen LogP contribution in [0.25, 0.3) is 10.9 Å². The number of amides is 2. The summed E-state index contributed by atoms with van der Waals surface area (Å²) in [7, 11) is 1.62. The molecule has 0 spiro atoms. The molecule has 4 rings (SSSR count). The largest absolute Gasteiger partial charge is 0.497 e. The van der Waals surface area contributed by atoms with E-state index < -0.39 is 0 Å². The Morgan fingerprint density at radius 3 is 2.83 bits per heavy atom. The van der Waals surface area contributed by atoms with Crippen molar-refractivity contribution in [1.29, 1.82) is 0 Å². The number of likely N-dealkylation sites (tertiary alicyclic amines) is 1. The molecule has 1 aliphatic heterocycles. The summed E-state index contributed by atoms with van der Waals surface area (Å²) in [4.78, 5) is 30.0. The Hall–Kier alpha value is -2.99. The fraction of sp³-hybridized carbons (Fsp3) is 0.304. The lowest BCUT2D eigenvalue weighted by atomic mass is 10.1. The number of ether oxygens (including phenoxy) is 1. The fourth-order valence-corrected chi connectivity index (χ4v) is 4.03. The summed E-state index contributed by atoms with van der Waals surface area (Å²) in [6.45, 7) is 1.47. The molecular formula is C23H24ClN3O3. The van der Waals surface area contributed by atoms with Gasteiger partial charge < -0.3 is 19.9 Å². The average molecular weight is 426 g/mol. The minimum Gasteiger partial charge on any atom is -0.497 e. The number of rotatable bonds is 7. The van der Waals surface area contributed by atoms with E-state index in [4.69, 9.17) is 16.3 Å². The van der Waals surface area contributed by atoms with Gasteiger partial charge >= 0.3 is 0 Å². The Labute approximate surface area is 180 Å². The lowest BCUT2D eigenvalue weighted by molar-refractivity contribution is -0.129. The fourth-order valence-electron chi connectivity index (χ4n) is 3.85. The summed E-state index contributed by atoms with van der Waals surface area (Å²) in [6.07, 6.45) is 2.93. The highest BCUT2D eigenvalue weighted by Crippen LogP contribution is 2.24. The van der Waals surface area contributed by atoms with Crippen molar-refractivity contribution < 1.29 is 14.3 Å². The van der Waals surface area contributed by atoms with Gasteiger partial charge in [-0.2, -0.15) is 0 Å². The monoisotopic (exact) mass is 425 g/mol. The molecule has 156 valence electrons. The van der Waals surface area contributed by atoms with Crippen LogP contribution in [-0.2, 0) is 22.6 Å². The van der Waals surface area contributed by atoms with Crippen LogP contribution in [0.1, 0.15) is 17.5 Å². The maximum absolute atomic E-state index is 12.5. The highest BCUT2D eigenvalue weighted by atomic mass is 35.5. The molecule has 1 fully saturated rings. The highest BCUT2D eigenvalue weighted by molar-refractivity contribution is 6.31. The third kappa shape index (κ3) is 4.44. The number of carbonyl (C=O) groups is 2. The normalized spacial score (nSPS) is 16.3. The number of aromatic amines is 1. The van der Waals surface area contributed by atoms with Crippen LogP contribution in [0, 0.1) is 5.92 Å². The molecule has 1 aliphatic rings. The van der Waals surface area contributed by atoms with Gasteiger partial charge in [0.1, 0.15) is 5.75 Å². The molecule has 3 aromatic rings. The first-order chi connectivity index (χ1) is 14.5. The standard InChI is InChI=1S/C23H24ClN3O3/c1-30-19-5-2-15(3-6-19)12-26-23(29)17-10-22(28)27(14-17)9-8-16-13-25-21-7-4-18(24)11-20(16)21/h2-7,11,13,17,25H,8-10,12,14H2,1H3,(H,26,29). The van der Waals surface area contributed by atoms with Crippen LogP contribution in [0.5, 0.6) is 5.75 Å². The molecule has 2 amide bonds. The molecule has 1 saturated heterocycles. The molecule has 1 atom stereocenters. The third-order valence-corrected chi connectivity index (χ3v) is 5.83. The molecule has 30 heavy (non-hydrogen) atoms. The molecule has 0 radical (unpaired) electrons. The number of hydrogen-bond acceptors (Lipinski definition) is 3. The van der Waals surface area contributed by atoms with Crippen LogP contribution < -0.4 is 10.1 Å². The SMILES string of the molecule is COc1ccc(CNC(=O)C2CC(=O)N(CCc3c[nH]c4ccc(Cl)cc34)C2)cc1. The number of carbonyl (C=O) groups excluding carboxylic acids is 2. The molecule has 0 bridgehead atoms. The second-order valence-corrected chi connectivity index (χ2v) is 8.00. The summed E-state index contributed by atoms with van der Waals surface area (Å²) >= 11 is 6.11. The van der Waals surface area contributed by atoms with Crippen LogP contribution >= 0.6 is 11.6 Å². The minimum atomic E-state index is -0.312. The number of nitrogens with one attached hydrogen (secondary N) is 2. The van der Waals surface area contributed by atoms with Gasteiger partial charge in [0.25, 0.3) is 0 Å². The van der Waals surface area contributed by atoms with Crippen molar-refractivity contribution in [2.24, 2.45) is 5.92 Å². The topological polar surface area (TPSA) is 74.4 Å². The van der Waals surface area contributed by atoms with Crippen molar-refractivity contribution in [3.63, 3.8) is 0 Å². The molecule has 0 saturated carbocycles. The average Bonchev–Trinajstić information content (AvgIpc) is 3.33. The molecule has 2 aromatic carbocycles. The van der Waals surface area contributed by atoms with E-state index in [9.17, 15) is 9.59 Å². The van der Waals surface area contributed by atoms with Crippen molar-refractivity contribution in [1.82, 2.24) is 15.2 Å². The first-order valence-electron chi connectivity index (χ1n) is 9.97. The van der Waals surface area contributed by atoms with Gasteiger partial charge in [-0.15, -0.1) is 0 Å². The Morgan fingerprint density at radius 1 is 1.27 bits per heavy atom. The molecule has 7 heteroatoms. The van der Waals surface area contributed by atoms with Crippen LogP contribution in [0.15, 0.2) is 48.7 Å². The number of hydrogen-bond donors (Lipinski definition) is 2. The summed E-state index contributed by atoms with van der Waals surface area (Å²) in [5.74, 6) is 0.408. The van der Waals surface area contributed by atoms with E-state index in [-0.39, 0.29) is 24.2 Å². The van der Waals surface area contributed by atoms with Crippen molar-refractivity contribution in [3.8, 4) is 5.75 Å². The molecule has 2 N–H and O–H groups in total. The maximum Gasteiger partial charge on any atom is 0.225 e. The molecule has 2 heterocycles. The summed E-state index contributed by atoms with van der Waals surface area (Å²) < 4.78 is 5.14. The Kier molecular flexibility index (Phi) is 5.95. The number of methoxy groups -OCH3 is 1. The molecule has 1 aromatic heterocycles. The Morgan fingerprint density at radius 2 is 2.07 bits per heavy atom. The smallest absolute Gasteiger partial charge is 0.225 e. The van der Waals surface area contributed by atoms with E-state index in [1.165, 1.54) is 0 Å². The zero-order valence-corrected chi connectivity index (χ0v) is 17.5. The quantitative estimate of drug-likeness (QED) is 0.608. The van der Waals surface area contributed by atoms with Gasteiger partial charge in [-0.05, 0) is 47.9 Å². The van der Waals surface area contributed by atoms with Crippen LogP contribution in [0.3, 0.4) is 0 Å². The van der Waals surface area contributed by atoms with Crippen molar-refractivity contribution in [2.75, 3.05) is 20.2 Å². The van der Waals surface area contributed by atoms with E-state index >= 15 is 0 Å². The Bertz CT molecular complexity index is 1060. The number of nitrogens with zero attached hydrogens (tertiary/aromatic N) is 1. The molecular weight excluding hydrogens is 402 g/mol. The molecule has 6 nitrogen and oxygen atoms in total. The number of halogens is 1. The van der Waals surface area contributed by atoms with Gasteiger partial charge in [-0.1, -0.05) is 23.7 Å². The van der Waals surface area contributed by atoms with E-state index in [2.05, 4.69) is 10.3 Å². The zero-order valence-electron chi connectivity index (χ0n) is 16.8. The van der Waals surface area contributed by atoms with E-state index in [1.807, 2.05) is 48.7 Å². The minimum absolute atomic E-state index is 0.0254. The highest BCUT2D eigenvalue weighted by Gasteiger charge is 2.33. The summed E-state index contributed by atoms with van der Waals surface area (Å²) in [5.41, 5.74) is 3.13. The van der Waals surface area contributed by atoms with Crippen molar-refractivity contribution >= 4 is 34.3 Å². The van der Waals surface area contributed by atoms with E-state index in [0.717, 1.165) is 27.8 Å². The van der Waals surface area contributed by atoms with Gasteiger partial charge in [0, 0.05) is 48.2 Å². The van der Waals surface area contributed by atoms with E-state index in [1.54, 1.807) is 12.0 Å². The van der Waals surface area contributed by atoms with Gasteiger partial charge in [0.15, 0.2) is 0 Å². The number of aromatic nitrogens is 1. The number of benzene rings is 2. The lowest BCUT2D eigenvalue weighted by Crippen LogP contribution is -2.33. The lowest BCUT2D eigenvalue weighted by Gasteiger charge is -2.16. The zero-order chi connectivity index (χ0) is 21.1. The second kappa shape index (κ2) is 8.79. The van der Waals surface area contributed by atoms with Crippen molar-refractivity contribution in [2.45, 2.75) is 19.4 Å². The predicted octanol–water partition coefficient (Wildman–Crippen LogP) is 3.54. The second-order valence-electron chi connectivity index (χ2n) is 7.56. The first-order valence-corrected chi connectivity index (χ1v) is 10.3. The van der Waals surface area contributed by atoms with Crippen molar-refractivity contribution in [3.05, 3.63) is 64.8 Å². The summed E-state index contributed by atoms with van der Waals surface area (Å²) in [5, 5.41) is 4.70. The number of H-pyrrole nitrogens is 1. The number of fused-ring (bicyclic) bond motifs is 1. The van der Waals surface area contributed by atoms with Gasteiger partial charge in [-0.25, -0.2) is 0 Å². The molecule has 0 aliphatic carbocycles. The Balaban J connectivity index is 1.30. The summed E-state index contributed by atoms with van der Waals surface area (Å²) in [6, 6.07) is 13.3. The third-order valence-electron chi connectivity index (χ3n) is 5.59.